The highest BCUT2D eigenvalue weighted by Gasteiger charge is 2.20. The van der Waals surface area contributed by atoms with Crippen molar-refractivity contribution in [3.8, 4) is 0 Å². The maximum atomic E-state index is 11.3. The molecule has 0 aliphatic carbocycles. The second kappa shape index (κ2) is 6.61. The summed E-state index contributed by atoms with van der Waals surface area (Å²) < 4.78 is 0. The zero-order valence-electron chi connectivity index (χ0n) is 11.0. The van der Waals surface area contributed by atoms with Crippen molar-refractivity contribution in [2.24, 2.45) is 0 Å². The van der Waals surface area contributed by atoms with Gasteiger partial charge in [0.05, 0.1) is 0 Å². The maximum Gasteiger partial charge on any atom is 0.219 e. The van der Waals surface area contributed by atoms with Gasteiger partial charge in [0.25, 0.3) is 0 Å². The number of anilines is 1. The van der Waals surface area contributed by atoms with E-state index in [1.165, 1.54) is 0 Å². The highest BCUT2D eigenvalue weighted by molar-refractivity contribution is 7.80. The molecule has 0 atom stereocenters. The van der Waals surface area contributed by atoms with E-state index in [1.54, 1.807) is 25.1 Å². The Morgan fingerprint density at radius 3 is 2.10 bits per heavy atom. The lowest BCUT2D eigenvalue weighted by atomic mass is 10.3. The molecule has 1 aromatic carbocycles. The molecule has 0 bridgehead atoms. The highest BCUT2D eigenvalue weighted by atomic mass is 35.5. The molecule has 1 aliphatic heterocycles. The van der Waals surface area contributed by atoms with Crippen LogP contribution >= 0.6 is 35.4 Å². The summed E-state index contributed by atoms with van der Waals surface area (Å²) in [6.07, 6.45) is 0. The van der Waals surface area contributed by atoms with E-state index in [-0.39, 0.29) is 5.91 Å². The first-order valence-corrected chi connectivity index (χ1v) is 7.39. The number of hydrogen-bond donors (Lipinski definition) is 1. The van der Waals surface area contributed by atoms with Crippen molar-refractivity contribution in [2.45, 2.75) is 6.92 Å². The molecule has 1 amide bonds. The second-order valence-electron chi connectivity index (χ2n) is 4.58. The number of hydrogen-bond acceptors (Lipinski definition) is 2. The number of amides is 1. The number of piperazine rings is 1. The summed E-state index contributed by atoms with van der Waals surface area (Å²) in [6.45, 7) is 4.40. The van der Waals surface area contributed by atoms with Gasteiger partial charge in [-0.25, -0.2) is 0 Å². The molecule has 1 N–H and O–H groups in total. The molecule has 1 aromatic rings. The van der Waals surface area contributed by atoms with Gasteiger partial charge in [-0.05, 0) is 30.4 Å². The van der Waals surface area contributed by atoms with E-state index in [2.05, 4.69) is 5.32 Å². The molecule has 0 saturated carbocycles. The van der Waals surface area contributed by atoms with Crippen LogP contribution < -0.4 is 5.32 Å². The molecule has 1 heterocycles. The fourth-order valence-corrected chi connectivity index (χ4v) is 2.88. The lowest BCUT2D eigenvalue weighted by molar-refractivity contribution is -0.130. The predicted molar refractivity (Wildman–Crippen MR) is 86.5 cm³/mol. The minimum Gasteiger partial charge on any atom is -0.345 e. The standard InChI is InChI=1S/C13H15Cl2N3OS/c1-9(19)17-2-4-18(5-3-17)13(20)16-12-7-10(14)6-11(15)8-12/h6-8H,2-5H2,1H3,(H,16,20). The summed E-state index contributed by atoms with van der Waals surface area (Å²) >= 11 is 17.3. The molecule has 4 nitrogen and oxygen atoms in total. The van der Waals surface area contributed by atoms with Crippen LogP contribution in [-0.2, 0) is 4.79 Å². The Morgan fingerprint density at radius 1 is 1.10 bits per heavy atom. The Morgan fingerprint density at radius 2 is 1.60 bits per heavy atom. The van der Waals surface area contributed by atoms with E-state index in [4.69, 9.17) is 35.4 Å². The quantitative estimate of drug-likeness (QED) is 0.802. The monoisotopic (exact) mass is 331 g/mol. The minimum absolute atomic E-state index is 0.102. The maximum absolute atomic E-state index is 11.3. The van der Waals surface area contributed by atoms with Gasteiger partial charge in [0.1, 0.15) is 0 Å². The van der Waals surface area contributed by atoms with Crippen LogP contribution in [0.1, 0.15) is 6.92 Å². The van der Waals surface area contributed by atoms with Crippen LogP contribution in [0, 0.1) is 0 Å². The van der Waals surface area contributed by atoms with Crippen LogP contribution in [0.2, 0.25) is 10.0 Å². The lowest BCUT2D eigenvalue weighted by Gasteiger charge is -2.35. The van der Waals surface area contributed by atoms with Crippen molar-refractivity contribution in [3.63, 3.8) is 0 Å². The van der Waals surface area contributed by atoms with E-state index in [1.807, 2.05) is 9.80 Å². The van der Waals surface area contributed by atoms with Gasteiger partial charge in [-0.1, -0.05) is 23.2 Å². The molecular weight excluding hydrogens is 317 g/mol. The van der Waals surface area contributed by atoms with Crippen molar-refractivity contribution >= 4 is 52.1 Å². The first-order chi connectivity index (χ1) is 9.45. The van der Waals surface area contributed by atoms with Crippen molar-refractivity contribution < 1.29 is 4.79 Å². The lowest BCUT2D eigenvalue weighted by Crippen LogP contribution is -2.51. The summed E-state index contributed by atoms with van der Waals surface area (Å²) in [5.41, 5.74) is 0.765. The normalized spacial score (nSPS) is 15.2. The number of nitrogens with zero attached hydrogens (tertiary/aromatic N) is 2. The molecule has 0 spiro atoms. The summed E-state index contributed by atoms with van der Waals surface area (Å²) in [4.78, 5) is 15.1. The van der Waals surface area contributed by atoms with Gasteiger partial charge < -0.3 is 15.1 Å². The molecule has 2 rings (SSSR count). The molecule has 0 aromatic heterocycles. The van der Waals surface area contributed by atoms with E-state index in [9.17, 15) is 4.79 Å². The SMILES string of the molecule is CC(=O)N1CCN(C(=S)Nc2cc(Cl)cc(Cl)c2)CC1. The fraction of sp³-hybridized carbons (Fsp3) is 0.385. The van der Waals surface area contributed by atoms with Crippen LogP contribution in [0.25, 0.3) is 0 Å². The van der Waals surface area contributed by atoms with Crippen LogP contribution in [0.3, 0.4) is 0 Å². The van der Waals surface area contributed by atoms with E-state index >= 15 is 0 Å². The van der Waals surface area contributed by atoms with Crippen LogP contribution in [0.4, 0.5) is 5.69 Å². The number of rotatable bonds is 1. The smallest absolute Gasteiger partial charge is 0.219 e. The van der Waals surface area contributed by atoms with E-state index in [0.717, 1.165) is 18.8 Å². The minimum atomic E-state index is 0.102. The average Bonchev–Trinajstić information content (AvgIpc) is 2.37. The van der Waals surface area contributed by atoms with Gasteiger partial charge in [-0.2, -0.15) is 0 Å². The number of nitrogens with one attached hydrogen (secondary N) is 1. The first-order valence-electron chi connectivity index (χ1n) is 6.23. The summed E-state index contributed by atoms with van der Waals surface area (Å²) in [5.74, 6) is 0.102. The van der Waals surface area contributed by atoms with Crippen molar-refractivity contribution in [1.82, 2.24) is 9.80 Å². The molecule has 108 valence electrons. The van der Waals surface area contributed by atoms with Crippen molar-refractivity contribution in [1.29, 1.82) is 0 Å². The van der Waals surface area contributed by atoms with Gasteiger partial charge in [0, 0.05) is 48.8 Å². The number of benzene rings is 1. The molecule has 1 saturated heterocycles. The van der Waals surface area contributed by atoms with Gasteiger partial charge >= 0.3 is 0 Å². The first kappa shape index (κ1) is 15.4. The highest BCUT2D eigenvalue weighted by Crippen LogP contribution is 2.22. The Labute approximate surface area is 133 Å². The van der Waals surface area contributed by atoms with Gasteiger partial charge in [-0.15, -0.1) is 0 Å². The fourth-order valence-electron chi connectivity index (χ4n) is 2.05. The van der Waals surface area contributed by atoms with Crippen LogP contribution in [0.15, 0.2) is 18.2 Å². The third-order valence-electron chi connectivity index (χ3n) is 3.13. The van der Waals surface area contributed by atoms with Crippen LogP contribution in [0.5, 0.6) is 0 Å². The van der Waals surface area contributed by atoms with Gasteiger partial charge in [0.15, 0.2) is 5.11 Å². The van der Waals surface area contributed by atoms with Gasteiger partial charge in [0.2, 0.25) is 5.91 Å². The van der Waals surface area contributed by atoms with Crippen LogP contribution in [-0.4, -0.2) is 47.0 Å². The van der Waals surface area contributed by atoms with Crippen molar-refractivity contribution in [3.05, 3.63) is 28.2 Å². The third kappa shape index (κ3) is 3.98. The van der Waals surface area contributed by atoms with E-state index in [0.29, 0.717) is 28.2 Å². The molecule has 7 heteroatoms. The predicted octanol–water partition coefficient (Wildman–Crippen LogP) is 2.85. The zero-order valence-corrected chi connectivity index (χ0v) is 13.4. The summed E-state index contributed by atoms with van der Waals surface area (Å²) in [7, 11) is 0. The van der Waals surface area contributed by atoms with Crippen molar-refractivity contribution in [2.75, 3.05) is 31.5 Å². The van der Waals surface area contributed by atoms with E-state index < -0.39 is 0 Å². The molecule has 0 unspecified atom stereocenters. The molecule has 1 fully saturated rings. The number of carbonyl (C=O) groups excluding carboxylic acids is 1. The topological polar surface area (TPSA) is 35.6 Å². The Balaban J connectivity index is 1.94. The molecule has 0 radical (unpaired) electrons. The third-order valence-corrected chi connectivity index (χ3v) is 3.92. The number of carbonyl (C=O) groups is 1. The number of thiocarbonyl (C=S) groups is 1. The molecular formula is C13H15Cl2N3OS. The zero-order chi connectivity index (χ0) is 14.7. The second-order valence-corrected chi connectivity index (χ2v) is 5.84. The molecule has 20 heavy (non-hydrogen) atoms. The Bertz CT molecular complexity index is 510. The molecule has 1 aliphatic rings. The number of halogens is 2. The Kier molecular flexibility index (Phi) is 5.07. The average molecular weight is 332 g/mol. The summed E-state index contributed by atoms with van der Waals surface area (Å²) in [6, 6.07) is 5.21. The Hall–Kier alpha value is -1.04. The largest absolute Gasteiger partial charge is 0.345 e. The summed E-state index contributed by atoms with van der Waals surface area (Å²) in [5, 5.41) is 4.86. The van der Waals surface area contributed by atoms with Gasteiger partial charge in [-0.3, -0.25) is 4.79 Å².